The van der Waals surface area contributed by atoms with Gasteiger partial charge in [-0.3, -0.25) is 4.79 Å². The molecule has 1 saturated heterocycles. The van der Waals surface area contributed by atoms with Gasteiger partial charge in [0.2, 0.25) is 6.41 Å². The molecule has 1 atom stereocenters. The van der Waals surface area contributed by atoms with Crippen molar-refractivity contribution in [2.45, 2.75) is 12.3 Å². The highest BCUT2D eigenvalue weighted by atomic mass is 16.1. The summed E-state index contributed by atoms with van der Waals surface area (Å²) in [6.07, 6.45) is 5.79. The number of carbonyl (C=O) groups is 1. The van der Waals surface area contributed by atoms with Crippen molar-refractivity contribution in [1.82, 2.24) is 14.9 Å². The minimum Gasteiger partial charge on any atom is -0.346 e. The molecular weight excluding hydrogens is 202 g/mol. The molecule has 0 bridgehead atoms. The van der Waals surface area contributed by atoms with Gasteiger partial charge in [-0.25, -0.2) is 4.98 Å². The maximum atomic E-state index is 10.7. The molecule has 4 heteroatoms. The van der Waals surface area contributed by atoms with Crippen LogP contribution in [0, 0.1) is 0 Å². The number of rotatable bonds is 2. The van der Waals surface area contributed by atoms with Gasteiger partial charge in [0.05, 0.1) is 0 Å². The predicted molar refractivity (Wildman–Crippen MR) is 61.1 cm³/mol. The van der Waals surface area contributed by atoms with Gasteiger partial charge in [0.25, 0.3) is 0 Å². The summed E-state index contributed by atoms with van der Waals surface area (Å²) in [7, 11) is 0. The normalized spacial score (nSPS) is 20.5. The third kappa shape index (κ3) is 1.38. The Morgan fingerprint density at radius 1 is 1.56 bits per heavy atom. The molecule has 4 nitrogen and oxygen atoms in total. The fourth-order valence-corrected chi connectivity index (χ4v) is 2.45. The Hall–Kier alpha value is -1.84. The molecule has 0 aliphatic carbocycles. The number of H-pyrrole nitrogens is 1. The smallest absolute Gasteiger partial charge is 0.209 e. The van der Waals surface area contributed by atoms with Gasteiger partial charge < -0.3 is 9.88 Å². The molecule has 1 aliphatic heterocycles. The highest BCUT2D eigenvalue weighted by Gasteiger charge is 2.24. The molecule has 0 aromatic carbocycles. The van der Waals surface area contributed by atoms with Crippen LogP contribution in [0.2, 0.25) is 0 Å². The van der Waals surface area contributed by atoms with Crippen LogP contribution in [-0.4, -0.2) is 34.4 Å². The van der Waals surface area contributed by atoms with E-state index in [1.807, 2.05) is 17.2 Å². The van der Waals surface area contributed by atoms with Crippen LogP contribution in [0.4, 0.5) is 0 Å². The van der Waals surface area contributed by atoms with Crippen molar-refractivity contribution in [1.29, 1.82) is 0 Å². The molecule has 2 aromatic rings. The van der Waals surface area contributed by atoms with E-state index in [1.54, 1.807) is 6.20 Å². The second kappa shape index (κ2) is 3.63. The first-order valence-electron chi connectivity index (χ1n) is 5.50. The third-order valence-electron chi connectivity index (χ3n) is 3.29. The number of likely N-dealkylation sites (tertiary alicyclic amines) is 1. The van der Waals surface area contributed by atoms with E-state index in [0.717, 1.165) is 31.6 Å². The topological polar surface area (TPSA) is 49.0 Å². The SMILES string of the molecule is O=CN1CCC(c2c[nH]c3ncccc23)C1. The number of carbonyl (C=O) groups excluding carboxylic acids is 1. The van der Waals surface area contributed by atoms with Crippen molar-refractivity contribution in [2.24, 2.45) is 0 Å². The number of aromatic amines is 1. The summed E-state index contributed by atoms with van der Waals surface area (Å²) >= 11 is 0. The number of aromatic nitrogens is 2. The first kappa shape index (κ1) is 9.39. The summed E-state index contributed by atoms with van der Waals surface area (Å²) in [6.45, 7) is 1.69. The lowest BCUT2D eigenvalue weighted by molar-refractivity contribution is -0.117. The van der Waals surface area contributed by atoms with E-state index in [4.69, 9.17) is 0 Å². The lowest BCUT2D eigenvalue weighted by Crippen LogP contribution is -2.17. The molecule has 0 saturated carbocycles. The second-order valence-corrected chi connectivity index (χ2v) is 4.23. The van der Waals surface area contributed by atoms with Crippen LogP contribution in [0.5, 0.6) is 0 Å². The Labute approximate surface area is 93.3 Å². The monoisotopic (exact) mass is 215 g/mol. The maximum absolute atomic E-state index is 10.7. The van der Waals surface area contributed by atoms with Crippen molar-refractivity contribution in [3.05, 3.63) is 30.1 Å². The number of hydrogen-bond acceptors (Lipinski definition) is 2. The van der Waals surface area contributed by atoms with E-state index < -0.39 is 0 Å². The number of pyridine rings is 1. The summed E-state index contributed by atoms with van der Waals surface area (Å²) in [5, 5.41) is 1.18. The molecule has 1 aliphatic rings. The van der Waals surface area contributed by atoms with Crippen LogP contribution >= 0.6 is 0 Å². The van der Waals surface area contributed by atoms with E-state index in [1.165, 1.54) is 10.9 Å². The average molecular weight is 215 g/mol. The molecule has 3 heterocycles. The van der Waals surface area contributed by atoms with Gasteiger partial charge in [-0.05, 0) is 24.1 Å². The van der Waals surface area contributed by atoms with Crippen LogP contribution in [-0.2, 0) is 4.79 Å². The summed E-state index contributed by atoms with van der Waals surface area (Å²) in [4.78, 5) is 20.0. The quantitative estimate of drug-likeness (QED) is 0.772. The summed E-state index contributed by atoms with van der Waals surface area (Å²) in [5.41, 5.74) is 2.22. The number of fused-ring (bicyclic) bond motifs is 1. The van der Waals surface area contributed by atoms with Gasteiger partial charge in [-0.15, -0.1) is 0 Å². The molecule has 1 amide bonds. The van der Waals surface area contributed by atoms with Gasteiger partial charge in [0.15, 0.2) is 0 Å². The Kier molecular flexibility index (Phi) is 2.13. The van der Waals surface area contributed by atoms with E-state index in [-0.39, 0.29) is 0 Å². The molecule has 1 fully saturated rings. The minimum atomic E-state index is 0.447. The fraction of sp³-hybridized carbons (Fsp3) is 0.333. The van der Waals surface area contributed by atoms with Crippen LogP contribution in [0.3, 0.4) is 0 Å². The van der Waals surface area contributed by atoms with Gasteiger partial charge >= 0.3 is 0 Å². The molecular formula is C12H13N3O. The van der Waals surface area contributed by atoms with Crippen LogP contribution in [0.15, 0.2) is 24.5 Å². The van der Waals surface area contributed by atoms with Crippen LogP contribution in [0.1, 0.15) is 17.9 Å². The molecule has 3 rings (SSSR count). The van der Waals surface area contributed by atoms with Crippen molar-refractivity contribution < 1.29 is 4.79 Å². The summed E-state index contributed by atoms with van der Waals surface area (Å²) < 4.78 is 0. The average Bonchev–Trinajstić information content (AvgIpc) is 2.94. The maximum Gasteiger partial charge on any atom is 0.209 e. The number of amides is 1. The lowest BCUT2D eigenvalue weighted by Gasteiger charge is -2.09. The molecule has 82 valence electrons. The number of hydrogen-bond donors (Lipinski definition) is 1. The highest BCUT2D eigenvalue weighted by molar-refractivity contribution is 5.80. The Balaban J connectivity index is 1.97. The van der Waals surface area contributed by atoms with E-state index >= 15 is 0 Å². The zero-order valence-corrected chi connectivity index (χ0v) is 8.89. The Bertz CT molecular complexity index is 520. The molecule has 0 spiro atoms. The van der Waals surface area contributed by atoms with E-state index in [0.29, 0.717) is 5.92 Å². The number of nitrogens with zero attached hydrogens (tertiary/aromatic N) is 2. The summed E-state index contributed by atoms with van der Waals surface area (Å²) in [6, 6.07) is 4.03. The van der Waals surface area contributed by atoms with Gasteiger partial charge in [-0.2, -0.15) is 0 Å². The van der Waals surface area contributed by atoms with Gasteiger partial charge in [-0.1, -0.05) is 0 Å². The third-order valence-corrected chi connectivity index (χ3v) is 3.29. The van der Waals surface area contributed by atoms with Crippen molar-refractivity contribution in [3.63, 3.8) is 0 Å². The van der Waals surface area contributed by atoms with E-state index in [9.17, 15) is 4.79 Å². The van der Waals surface area contributed by atoms with Crippen molar-refractivity contribution in [3.8, 4) is 0 Å². The van der Waals surface area contributed by atoms with Crippen LogP contribution in [0.25, 0.3) is 11.0 Å². The standard InChI is InChI=1S/C12H13N3O/c16-8-15-5-3-9(7-15)11-6-14-12-10(11)2-1-4-13-12/h1-2,4,6,8-9H,3,5,7H2,(H,13,14). The zero-order valence-electron chi connectivity index (χ0n) is 8.89. The molecule has 0 radical (unpaired) electrons. The Morgan fingerprint density at radius 3 is 3.31 bits per heavy atom. The Morgan fingerprint density at radius 2 is 2.50 bits per heavy atom. The first-order chi connectivity index (χ1) is 7.88. The first-order valence-corrected chi connectivity index (χ1v) is 5.50. The number of nitrogens with one attached hydrogen (secondary N) is 1. The van der Waals surface area contributed by atoms with E-state index in [2.05, 4.69) is 16.0 Å². The van der Waals surface area contributed by atoms with Crippen LogP contribution < -0.4 is 0 Å². The summed E-state index contributed by atoms with van der Waals surface area (Å²) in [5.74, 6) is 0.447. The molecule has 1 unspecified atom stereocenters. The van der Waals surface area contributed by atoms with Crippen molar-refractivity contribution in [2.75, 3.05) is 13.1 Å². The molecule has 2 aromatic heterocycles. The van der Waals surface area contributed by atoms with Crippen molar-refractivity contribution >= 4 is 17.4 Å². The molecule has 16 heavy (non-hydrogen) atoms. The largest absolute Gasteiger partial charge is 0.346 e. The lowest BCUT2D eigenvalue weighted by atomic mass is 9.99. The zero-order chi connectivity index (χ0) is 11.0. The second-order valence-electron chi connectivity index (χ2n) is 4.23. The minimum absolute atomic E-state index is 0.447. The highest BCUT2D eigenvalue weighted by Crippen LogP contribution is 2.31. The fourth-order valence-electron chi connectivity index (χ4n) is 2.45. The molecule has 1 N–H and O–H groups in total. The predicted octanol–water partition coefficient (Wildman–Crippen LogP) is 1.51. The van der Waals surface area contributed by atoms with Gasteiger partial charge in [0, 0.05) is 36.8 Å². The van der Waals surface area contributed by atoms with Gasteiger partial charge in [0.1, 0.15) is 5.65 Å².